The van der Waals surface area contributed by atoms with E-state index in [-0.39, 0.29) is 0 Å². The fourth-order valence-electron chi connectivity index (χ4n) is 1.26. The zero-order valence-corrected chi connectivity index (χ0v) is 8.03. The van der Waals surface area contributed by atoms with Crippen LogP contribution in [0.4, 0.5) is 13.2 Å². The molecule has 0 saturated carbocycles. The van der Waals surface area contributed by atoms with Crippen molar-refractivity contribution in [2.75, 3.05) is 6.54 Å². The van der Waals surface area contributed by atoms with Crippen LogP contribution in [0, 0.1) is 0 Å². The number of carboxylic acid groups (broad SMARTS) is 1. The maximum absolute atomic E-state index is 12.5. The minimum absolute atomic E-state index is 0.435. The standard InChI is InChI=1S/C9H9F3N2O2/c10-9(11,12)6-2-1-3-14-7(6)5(4-13)8(15)16/h1-3,5H,4,13H2,(H,15,16). The molecule has 0 bridgehead atoms. The van der Waals surface area contributed by atoms with Crippen LogP contribution in [0.1, 0.15) is 17.2 Å². The first kappa shape index (κ1) is 12.4. The van der Waals surface area contributed by atoms with Crippen LogP contribution in [0.5, 0.6) is 0 Å². The van der Waals surface area contributed by atoms with Crippen LogP contribution < -0.4 is 5.73 Å². The van der Waals surface area contributed by atoms with Gasteiger partial charge in [0.15, 0.2) is 0 Å². The van der Waals surface area contributed by atoms with Gasteiger partial charge in [-0.25, -0.2) is 0 Å². The van der Waals surface area contributed by atoms with Crippen molar-refractivity contribution in [3.63, 3.8) is 0 Å². The minimum atomic E-state index is -4.63. The van der Waals surface area contributed by atoms with Crippen molar-refractivity contribution >= 4 is 5.97 Å². The third-order valence-electron chi connectivity index (χ3n) is 2.01. The summed E-state index contributed by atoms with van der Waals surface area (Å²) < 4.78 is 37.6. The molecule has 4 nitrogen and oxygen atoms in total. The minimum Gasteiger partial charge on any atom is -0.481 e. The second kappa shape index (κ2) is 4.48. The van der Waals surface area contributed by atoms with Crippen molar-refractivity contribution in [2.24, 2.45) is 5.73 Å². The van der Waals surface area contributed by atoms with E-state index in [9.17, 15) is 18.0 Å². The molecule has 3 N–H and O–H groups in total. The van der Waals surface area contributed by atoms with Crippen LogP contribution in [-0.2, 0) is 11.0 Å². The Morgan fingerprint density at radius 2 is 2.19 bits per heavy atom. The summed E-state index contributed by atoms with van der Waals surface area (Å²) in [4.78, 5) is 14.2. The number of aromatic nitrogens is 1. The van der Waals surface area contributed by atoms with E-state index in [1.165, 1.54) is 0 Å². The van der Waals surface area contributed by atoms with Crippen molar-refractivity contribution in [3.05, 3.63) is 29.6 Å². The fraction of sp³-hybridized carbons (Fsp3) is 0.333. The van der Waals surface area contributed by atoms with E-state index in [2.05, 4.69) is 4.98 Å². The maximum Gasteiger partial charge on any atom is 0.418 e. The molecule has 1 unspecified atom stereocenters. The average molecular weight is 234 g/mol. The molecule has 16 heavy (non-hydrogen) atoms. The summed E-state index contributed by atoms with van der Waals surface area (Å²) in [7, 11) is 0. The van der Waals surface area contributed by atoms with Crippen LogP contribution in [0.2, 0.25) is 0 Å². The third-order valence-corrected chi connectivity index (χ3v) is 2.01. The Labute approximate surface area is 88.9 Å². The topological polar surface area (TPSA) is 76.2 Å². The fourth-order valence-corrected chi connectivity index (χ4v) is 1.26. The van der Waals surface area contributed by atoms with E-state index < -0.39 is 35.9 Å². The van der Waals surface area contributed by atoms with Gasteiger partial charge in [-0.3, -0.25) is 9.78 Å². The van der Waals surface area contributed by atoms with Crippen LogP contribution in [0.25, 0.3) is 0 Å². The molecule has 88 valence electrons. The second-order valence-electron chi connectivity index (χ2n) is 3.06. The van der Waals surface area contributed by atoms with Gasteiger partial charge in [0, 0.05) is 12.7 Å². The number of nitrogens with zero attached hydrogens (tertiary/aromatic N) is 1. The third kappa shape index (κ3) is 2.48. The molecule has 0 aliphatic heterocycles. The van der Waals surface area contributed by atoms with E-state index >= 15 is 0 Å². The monoisotopic (exact) mass is 234 g/mol. The van der Waals surface area contributed by atoms with Gasteiger partial charge in [-0.15, -0.1) is 0 Å². The van der Waals surface area contributed by atoms with Gasteiger partial charge in [-0.2, -0.15) is 13.2 Å². The molecule has 0 amide bonds. The van der Waals surface area contributed by atoms with Crippen LogP contribution in [-0.4, -0.2) is 22.6 Å². The summed E-state index contributed by atoms with van der Waals surface area (Å²) in [5.41, 5.74) is 3.52. The van der Waals surface area contributed by atoms with Gasteiger partial charge < -0.3 is 10.8 Å². The molecule has 1 rings (SSSR count). The smallest absolute Gasteiger partial charge is 0.418 e. The van der Waals surface area contributed by atoms with Gasteiger partial charge in [0.05, 0.1) is 11.3 Å². The van der Waals surface area contributed by atoms with Gasteiger partial charge in [-0.1, -0.05) is 0 Å². The van der Waals surface area contributed by atoms with Crippen molar-refractivity contribution in [2.45, 2.75) is 12.1 Å². The number of nitrogens with two attached hydrogens (primary N) is 1. The molecule has 0 spiro atoms. The highest BCUT2D eigenvalue weighted by atomic mass is 19.4. The predicted molar refractivity (Wildman–Crippen MR) is 48.7 cm³/mol. The zero-order valence-electron chi connectivity index (χ0n) is 8.03. The van der Waals surface area contributed by atoms with E-state index in [4.69, 9.17) is 10.8 Å². The SMILES string of the molecule is NCC(C(=O)O)c1ncccc1C(F)(F)F. The Kier molecular flexibility index (Phi) is 3.48. The molecular weight excluding hydrogens is 225 g/mol. The maximum atomic E-state index is 12.5. The Morgan fingerprint density at radius 3 is 2.62 bits per heavy atom. The molecule has 0 aliphatic rings. The molecule has 1 aromatic heterocycles. The van der Waals surface area contributed by atoms with Gasteiger partial charge in [0.25, 0.3) is 0 Å². The first-order valence-electron chi connectivity index (χ1n) is 4.33. The lowest BCUT2D eigenvalue weighted by Gasteiger charge is -2.15. The molecular formula is C9H9F3N2O2. The number of rotatable bonds is 3. The van der Waals surface area contributed by atoms with Crippen LogP contribution in [0.15, 0.2) is 18.3 Å². The highest BCUT2D eigenvalue weighted by Crippen LogP contribution is 2.33. The number of hydrogen-bond donors (Lipinski definition) is 2. The summed E-state index contributed by atoms with van der Waals surface area (Å²) in [5, 5.41) is 8.73. The molecule has 0 fully saturated rings. The van der Waals surface area contributed by atoms with Crippen LogP contribution >= 0.6 is 0 Å². The first-order chi connectivity index (χ1) is 7.38. The Balaban J connectivity index is 3.27. The molecule has 1 atom stereocenters. The number of alkyl halides is 3. The van der Waals surface area contributed by atoms with Gasteiger partial charge in [0.1, 0.15) is 5.92 Å². The quantitative estimate of drug-likeness (QED) is 0.824. The largest absolute Gasteiger partial charge is 0.481 e. The summed E-state index contributed by atoms with van der Waals surface area (Å²) in [5.74, 6) is -2.87. The van der Waals surface area contributed by atoms with Gasteiger partial charge >= 0.3 is 12.1 Å². The molecule has 0 aliphatic carbocycles. The Morgan fingerprint density at radius 1 is 1.56 bits per heavy atom. The van der Waals surface area contributed by atoms with E-state index in [0.717, 1.165) is 18.3 Å². The lowest BCUT2D eigenvalue weighted by Crippen LogP contribution is -2.25. The summed E-state index contributed by atoms with van der Waals surface area (Å²) in [6.07, 6.45) is -3.53. The van der Waals surface area contributed by atoms with Crippen molar-refractivity contribution in [3.8, 4) is 0 Å². The number of pyridine rings is 1. The Hall–Kier alpha value is -1.63. The van der Waals surface area contributed by atoms with Gasteiger partial charge in [0.2, 0.25) is 0 Å². The Bertz CT molecular complexity index is 393. The number of carbonyl (C=O) groups is 1. The summed E-state index contributed by atoms with van der Waals surface area (Å²) >= 11 is 0. The number of hydrogen-bond acceptors (Lipinski definition) is 3. The summed E-state index contributed by atoms with van der Waals surface area (Å²) in [6.45, 7) is -0.435. The van der Waals surface area contributed by atoms with Crippen molar-refractivity contribution in [1.82, 2.24) is 4.98 Å². The predicted octanol–water partition coefficient (Wildman–Crippen LogP) is 1.23. The number of halogens is 3. The van der Waals surface area contributed by atoms with Crippen molar-refractivity contribution in [1.29, 1.82) is 0 Å². The average Bonchev–Trinajstić information content (AvgIpc) is 2.17. The van der Waals surface area contributed by atoms with E-state index in [1.54, 1.807) is 0 Å². The van der Waals surface area contributed by atoms with Crippen LogP contribution in [0.3, 0.4) is 0 Å². The first-order valence-corrected chi connectivity index (χ1v) is 4.33. The molecule has 7 heteroatoms. The molecule has 0 aromatic carbocycles. The summed E-state index contributed by atoms with van der Waals surface area (Å²) in [6, 6.07) is 1.88. The molecule has 0 saturated heterocycles. The lowest BCUT2D eigenvalue weighted by atomic mass is 10.00. The molecule has 1 heterocycles. The number of carboxylic acids is 1. The molecule has 0 radical (unpaired) electrons. The molecule has 1 aromatic rings. The van der Waals surface area contributed by atoms with Gasteiger partial charge in [-0.05, 0) is 12.1 Å². The second-order valence-corrected chi connectivity index (χ2v) is 3.06. The lowest BCUT2D eigenvalue weighted by molar-refractivity contribution is -0.141. The zero-order chi connectivity index (χ0) is 12.3. The highest BCUT2D eigenvalue weighted by molar-refractivity contribution is 5.76. The normalized spacial score (nSPS) is 13.5. The highest BCUT2D eigenvalue weighted by Gasteiger charge is 2.37. The van der Waals surface area contributed by atoms with E-state index in [1.807, 2.05) is 0 Å². The van der Waals surface area contributed by atoms with E-state index in [0.29, 0.717) is 0 Å². The number of aliphatic carboxylic acids is 1. The van der Waals surface area contributed by atoms with Crippen molar-refractivity contribution < 1.29 is 23.1 Å².